The van der Waals surface area contributed by atoms with Crippen LogP contribution < -0.4 is 0 Å². The smallest absolute Gasteiger partial charge is 0.0178 e. The molecule has 0 heteroatoms. The van der Waals surface area contributed by atoms with Crippen LogP contribution in [0.5, 0.6) is 0 Å². The first-order valence-corrected chi connectivity index (χ1v) is 5.18. The summed E-state index contributed by atoms with van der Waals surface area (Å²) in [4.78, 5) is 0. The van der Waals surface area contributed by atoms with Crippen molar-refractivity contribution in [2.45, 2.75) is 6.92 Å². The quantitative estimate of drug-likeness (QED) is 0.665. The van der Waals surface area contributed by atoms with E-state index < -0.39 is 0 Å². The molecule has 0 radical (unpaired) electrons. The Hall–Kier alpha value is -1.82. The Morgan fingerprint density at radius 3 is 2.27 bits per heavy atom. The van der Waals surface area contributed by atoms with Crippen LogP contribution in [-0.4, -0.2) is 0 Å². The van der Waals surface area contributed by atoms with Crippen molar-refractivity contribution in [3.63, 3.8) is 0 Å². The Balaban J connectivity index is 2.41. The summed E-state index contributed by atoms with van der Waals surface area (Å²) in [6.07, 6.45) is 4.18. The standard InChI is InChI=1S/C15H14/c1-2-7-13-8-6-11-15(12-13)14-9-4-3-5-10-14/h2-12H,1H3/b7-2+. The zero-order chi connectivity index (χ0) is 10.5. The van der Waals surface area contributed by atoms with Crippen LogP contribution in [0, 0.1) is 0 Å². The van der Waals surface area contributed by atoms with Gasteiger partial charge in [-0.25, -0.2) is 0 Å². The molecule has 2 aromatic carbocycles. The van der Waals surface area contributed by atoms with Crippen LogP contribution in [-0.2, 0) is 0 Å². The van der Waals surface area contributed by atoms with Gasteiger partial charge in [-0.3, -0.25) is 0 Å². The first-order chi connectivity index (χ1) is 7.40. The number of allylic oxidation sites excluding steroid dienone is 1. The van der Waals surface area contributed by atoms with E-state index in [1.165, 1.54) is 16.7 Å². The molecule has 0 nitrogen and oxygen atoms in total. The van der Waals surface area contributed by atoms with Crippen molar-refractivity contribution in [3.8, 4) is 11.1 Å². The van der Waals surface area contributed by atoms with Gasteiger partial charge < -0.3 is 0 Å². The lowest BCUT2D eigenvalue weighted by molar-refractivity contribution is 1.59. The van der Waals surface area contributed by atoms with Gasteiger partial charge in [-0.2, -0.15) is 0 Å². The molecule has 0 aliphatic heterocycles. The average molecular weight is 194 g/mol. The topological polar surface area (TPSA) is 0 Å². The Kier molecular flexibility index (Phi) is 2.99. The molecule has 15 heavy (non-hydrogen) atoms. The van der Waals surface area contributed by atoms with E-state index in [1.54, 1.807) is 0 Å². The predicted molar refractivity (Wildman–Crippen MR) is 66.6 cm³/mol. The summed E-state index contributed by atoms with van der Waals surface area (Å²) in [5.41, 5.74) is 3.79. The van der Waals surface area contributed by atoms with Crippen LogP contribution >= 0.6 is 0 Å². The van der Waals surface area contributed by atoms with Crippen molar-refractivity contribution in [2.24, 2.45) is 0 Å². The molecule has 0 amide bonds. The number of benzene rings is 2. The van der Waals surface area contributed by atoms with Crippen LogP contribution in [0.4, 0.5) is 0 Å². The van der Waals surface area contributed by atoms with Crippen molar-refractivity contribution in [1.29, 1.82) is 0 Å². The van der Waals surface area contributed by atoms with Crippen molar-refractivity contribution >= 4 is 6.08 Å². The minimum Gasteiger partial charge on any atom is -0.0871 e. The van der Waals surface area contributed by atoms with E-state index in [4.69, 9.17) is 0 Å². The third-order valence-corrected chi connectivity index (χ3v) is 2.35. The molecule has 0 N–H and O–H groups in total. The lowest BCUT2D eigenvalue weighted by atomic mass is 10.0. The van der Waals surface area contributed by atoms with Gasteiger partial charge in [-0.1, -0.05) is 60.7 Å². The van der Waals surface area contributed by atoms with Gasteiger partial charge in [0.25, 0.3) is 0 Å². The molecule has 0 heterocycles. The van der Waals surface area contributed by atoms with Gasteiger partial charge in [-0.15, -0.1) is 0 Å². The largest absolute Gasteiger partial charge is 0.0871 e. The summed E-state index contributed by atoms with van der Waals surface area (Å²) in [6, 6.07) is 19.0. The predicted octanol–water partition coefficient (Wildman–Crippen LogP) is 4.39. The SMILES string of the molecule is C/C=C/c1cccc(-c2ccccc2)c1. The van der Waals surface area contributed by atoms with Crippen LogP contribution in [0.15, 0.2) is 60.7 Å². The molecule has 2 rings (SSSR count). The highest BCUT2D eigenvalue weighted by atomic mass is 14.0. The van der Waals surface area contributed by atoms with Crippen LogP contribution in [0.25, 0.3) is 17.2 Å². The average Bonchev–Trinajstić information content (AvgIpc) is 2.31. The molecule has 0 saturated carbocycles. The molecule has 0 unspecified atom stereocenters. The summed E-state index contributed by atoms with van der Waals surface area (Å²) < 4.78 is 0. The Morgan fingerprint density at radius 2 is 1.53 bits per heavy atom. The van der Waals surface area contributed by atoms with E-state index in [9.17, 15) is 0 Å². The maximum atomic E-state index is 2.20. The van der Waals surface area contributed by atoms with Crippen LogP contribution in [0.1, 0.15) is 12.5 Å². The fourth-order valence-electron chi connectivity index (χ4n) is 1.64. The van der Waals surface area contributed by atoms with Gasteiger partial charge in [0.1, 0.15) is 0 Å². The molecule has 0 bridgehead atoms. The van der Waals surface area contributed by atoms with Gasteiger partial charge in [0, 0.05) is 0 Å². The number of hydrogen-bond donors (Lipinski definition) is 0. The minimum atomic E-state index is 1.25. The molecule has 0 atom stereocenters. The second kappa shape index (κ2) is 4.61. The fourth-order valence-corrected chi connectivity index (χ4v) is 1.64. The maximum absolute atomic E-state index is 2.20. The van der Waals surface area contributed by atoms with E-state index >= 15 is 0 Å². The number of hydrogen-bond acceptors (Lipinski definition) is 0. The van der Waals surface area contributed by atoms with Gasteiger partial charge >= 0.3 is 0 Å². The molecule has 0 spiro atoms. The molecular formula is C15H14. The summed E-state index contributed by atoms with van der Waals surface area (Å²) in [7, 11) is 0. The molecule has 0 fully saturated rings. The van der Waals surface area contributed by atoms with Crippen molar-refractivity contribution in [2.75, 3.05) is 0 Å². The van der Waals surface area contributed by atoms with Crippen LogP contribution in [0.3, 0.4) is 0 Å². The van der Waals surface area contributed by atoms with E-state index in [-0.39, 0.29) is 0 Å². The number of rotatable bonds is 2. The lowest BCUT2D eigenvalue weighted by Crippen LogP contribution is -1.78. The molecule has 0 aromatic heterocycles. The summed E-state index contributed by atoms with van der Waals surface area (Å²) in [5.74, 6) is 0. The minimum absolute atomic E-state index is 1.25. The third kappa shape index (κ3) is 2.35. The molecule has 0 aliphatic carbocycles. The Bertz CT molecular complexity index is 452. The van der Waals surface area contributed by atoms with Gasteiger partial charge in [0.05, 0.1) is 0 Å². The normalized spacial score (nSPS) is 10.7. The van der Waals surface area contributed by atoms with E-state index in [0.717, 1.165) is 0 Å². The molecule has 0 aliphatic rings. The zero-order valence-electron chi connectivity index (χ0n) is 8.85. The van der Waals surface area contributed by atoms with Gasteiger partial charge in [0.2, 0.25) is 0 Å². The molecular weight excluding hydrogens is 180 g/mol. The summed E-state index contributed by atoms with van der Waals surface area (Å²) in [5, 5.41) is 0. The van der Waals surface area contributed by atoms with Crippen LogP contribution in [0.2, 0.25) is 0 Å². The first kappa shape index (κ1) is 9.72. The molecule has 74 valence electrons. The molecule has 0 saturated heterocycles. The van der Waals surface area contributed by atoms with E-state index in [0.29, 0.717) is 0 Å². The van der Waals surface area contributed by atoms with E-state index in [1.807, 2.05) is 13.0 Å². The first-order valence-electron chi connectivity index (χ1n) is 5.18. The second-order valence-corrected chi connectivity index (χ2v) is 3.49. The highest BCUT2D eigenvalue weighted by Crippen LogP contribution is 2.20. The van der Waals surface area contributed by atoms with Crippen molar-refractivity contribution < 1.29 is 0 Å². The Labute approximate surface area is 90.9 Å². The van der Waals surface area contributed by atoms with Crippen molar-refractivity contribution in [3.05, 3.63) is 66.2 Å². The highest BCUT2D eigenvalue weighted by molar-refractivity contribution is 5.67. The van der Waals surface area contributed by atoms with Gasteiger partial charge in [-0.05, 0) is 29.7 Å². The maximum Gasteiger partial charge on any atom is -0.0178 e. The van der Waals surface area contributed by atoms with Crippen molar-refractivity contribution in [1.82, 2.24) is 0 Å². The lowest BCUT2D eigenvalue weighted by Gasteiger charge is -2.02. The monoisotopic (exact) mass is 194 g/mol. The van der Waals surface area contributed by atoms with Gasteiger partial charge in [0.15, 0.2) is 0 Å². The molecule has 2 aromatic rings. The summed E-state index contributed by atoms with van der Waals surface area (Å²) >= 11 is 0. The zero-order valence-corrected chi connectivity index (χ0v) is 8.85. The summed E-state index contributed by atoms with van der Waals surface area (Å²) in [6.45, 7) is 2.04. The highest BCUT2D eigenvalue weighted by Gasteiger charge is 1.95. The third-order valence-electron chi connectivity index (χ3n) is 2.35. The Morgan fingerprint density at radius 1 is 0.800 bits per heavy atom. The second-order valence-electron chi connectivity index (χ2n) is 3.49. The fraction of sp³-hybridized carbons (Fsp3) is 0.0667. The van der Waals surface area contributed by atoms with E-state index in [2.05, 4.69) is 60.7 Å².